The summed E-state index contributed by atoms with van der Waals surface area (Å²) in [5.74, 6) is 0.767. The predicted octanol–water partition coefficient (Wildman–Crippen LogP) is 1.27. The summed E-state index contributed by atoms with van der Waals surface area (Å²) in [5.41, 5.74) is 1.97. The van der Waals surface area contributed by atoms with Crippen LogP contribution < -0.4 is 10.6 Å². The van der Waals surface area contributed by atoms with E-state index < -0.39 is 0 Å². The average Bonchev–Trinajstić information content (AvgIpc) is 2.54. The molecule has 4 nitrogen and oxygen atoms in total. The van der Waals surface area contributed by atoms with E-state index in [0.717, 1.165) is 30.6 Å². The van der Waals surface area contributed by atoms with Gasteiger partial charge in [-0.05, 0) is 63.5 Å². The number of nitrogens with zero attached hydrogens (tertiary/aromatic N) is 1. The molecule has 0 radical (unpaired) electrons. The molecular weight excluding hydrogens is 262 g/mol. The number of piperidine rings is 3. The summed E-state index contributed by atoms with van der Waals surface area (Å²) in [7, 11) is 1.94. The minimum Gasteiger partial charge on any atom is -0.348 e. The second-order valence-electron chi connectivity index (χ2n) is 6.23. The Balaban J connectivity index is 1.68. The SMILES string of the molecule is CNCCc1ccccc1C(=O)NC1CN2CCC1CC2. The summed E-state index contributed by atoms with van der Waals surface area (Å²) in [5, 5.41) is 6.43. The molecule has 3 aliphatic heterocycles. The van der Waals surface area contributed by atoms with Crippen LogP contribution in [-0.2, 0) is 6.42 Å². The minimum atomic E-state index is 0.0976. The summed E-state index contributed by atoms with van der Waals surface area (Å²) in [6, 6.07) is 8.30. The Morgan fingerprint density at radius 3 is 2.71 bits per heavy atom. The van der Waals surface area contributed by atoms with Crippen LogP contribution >= 0.6 is 0 Å². The summed E-state index contributed by atoms with van der Waals surface area (Å²) < 4.78 is 0. The molecule has 4 heteroatoms. The lowest BCUT2D eigenvalue weighted by molar-refractivity contribution is 0.0620. The highest BCUT2D eigenvalue weighted by molar-refractivity contribution is 5.95. The first-order valence-electron chi connectivity index (χ1n) is 8.03. The molecule has 3 saturated heterocycles. The molecular formula is C17H25N3O. The third-order valence-corrected chi connectivity index (χ3v) is 4.88. The summed E-state index contributed by atoms with van der Waals surface area (Å²) in [4.78, 5) is 15.1. The highest BCUT2D eigenvalue weighted by Crippen LogP contribution is 2.27. The molecule has 0 aliphatic carbocycles. The van der Waals surface area contributed by atoms with Crippen molar-refractivity contribution in [1.82, 2.24) is 15.5 Å². The summed E-state index contributed by atoms with van der Waals surface area (Å²) >= 11 is 0. The van der Waals surface area contributed by atoms with Crippen molar-refractivity contribution < 1.29 is 4.79 Å². The van der Waals surface area contributed by atoms with Crippen molar-refractivity contribution in [3.63, 3.8) is 0 Å². The monoisotopic (exact) mass is 287 g/mol. The van der Waals surface area contributed by atoms with Gasteiger partial charge >= 0.3 is 0 Å². The second kappa shape index (κ2) is 6.58. The number of carbonyl (C=O) groups is 1. The number of nitrogens with one attached hydrogen (secondary N) is 2. The summed E-state index contributed by atoms with van der Waals surface area (Å²) in [6.45, 7) is 4.32. The van der Waals surface area contributed by atoms with Gasteiger partial charge in [0, 0.05) is 18.2 Å². The van der Waals surface area contributed by atoms with Crippen molar-refractivity contribution in [3.8, 4) is 0 Å². The van der Waals surface area contributed by atoms with Gasteiger partial charge in [-0.1, -0.05) is 18.2 Å². The molecule has 1 atom stereocenters. The molecule has 0 spiro atoms. The van der Waals surface area contributed by atoms with Gasteiger partial charge in [0.1, 0.15) is 0 Å². The number of hydrogen-bond acceptors (Lipinski definition) is 3. The molecule has 3 aliphatic rings. The van der Waals surface area contributed by atoms with Crippen LogP contribution in [0.25, 0.3) is 0 Å². The van der Waals surface area contributed by atoms with Crippen LogP contribution in [0.15, 0.2) is 24.3 Å². The number of rotatable bonds is 5. The molecule has 0 saturated carbocycles. The van der Waals surface area contributed by atoms with E-state index >= 15 is 0 Å². The largest absolute Gasteiger partial charge is 0.348 e. The maximum absolute atomic E-state index is 12.6. The van der Waals surface area contributed by atoms with Crippen molar-refractivity contribution in [3.05, 3.63) is 35.4 Å². The average molecular weight is 287 g/mol. The number of hydrogen-bond donors (Lipinski definition) is 2. The molecule has 4 rings (SSSR count). The van der Waals surface area contributed by atoms with Gasteiger partial charge in [0.25, 0.3) is 5.91 Å². The van der Waals surface area contributed by atoms with Crippen LogP contribution in [0, 0.1) is 5.92 Å². The summed E-state index contributed by atoms with van der Waals surface area (Å²) in [6.07, 6.45) is 3.35. The lowest BCUT2D eigenvalue weighted by Crippen LogP contribution is -2.57. The minimum absolute atomic E-state index is 0.0976. The van der Waals surface area contributed by atoms with Crippen LogP contribution in [0.4, 0.5) is 0 Å². The quantitative estimate of drug-likeness (QED) is 0.857. The lowest BCUT2D eigenvalue weighted by Gasteiger charge is -2.45. The first-order chi connectivity index (χ1) is 10.3. The smallest absolute Gasteiger partial charge is 0.251 e. The molecule has 2 N–H and O–H groups in total. The molecule has 114 valence electrons. The molecule has 21 heavy (non-hydrogen) atoms. The van der Waals surface area contributed by atoms with E-state index in [4.69, 9.17) is 0 Å². The van der Waals surface area contributed by atoms with Crippen molar-refractivity contribution >= 4 is 5.91 Å². The van der Waals surface area contributed by atoms with Crippen LogP contribution in [0.5, 0.6) is 0 Å². The Labute approximate surface area is 126 Å². The molecule has 1 aromatic carbocycles. The number of fused-ring (bicyclic) bond motifs is 3. The van der Waals surface area contributed by atoms with E-state index in [1.54, 1.807) is 0 Å². The standard InChI is InChI=1S/C17H25N3O/c1-18-9-6-13-4-2-3-5-15(13)17(21)19-16-12-20-10-7-14(16)8-11-20/h2-5,14,16,18H,6-12H2,1H3,(H,19,21). The van der Waals surface area contributed by atoms with Gasteiger partial charge in [-0.3, -0.25) is 4.79 Å². The first-order valence-corrected chi connectivity index (χ1v) is 8.03. The molecule has 2 bridgehead atoms. The van der Waals surface area contributed by atoms with Crippen LogP contribution in [0.3, 0.4) is 0 Å². The van der Waals surface area contributed by atoms with Crippen LogP contribution in [0.2, 0.25) is 0 Å². The Hall–Kier alpha value is -1.39. The molecule has 0 aromatic heterocycles. The third-order valence-electron chi connectivity index (χ3n) is 4.88. The normalized spacial score (nSPS) is 27.6. The maximum atomic E-state index is 12.6. The number of carbonyl (C=O) groups excluding carboxylic acids is 1. The van der Waals surface area contributed by atoms with E-state index in [1.165, 1.54) is 25.9 Å². The van der Waals surface area contributed by atoms with Gasteiger partial charge in [0.2, 0.25) is 0 Å². The van der Waals surface area contributed by atoms with E-state index in [1.807, 2.05) is 25.2 Å². The van der Waals surface area contributed by atoms with Crippen molar-refractivity contribution in [2.75, 3.05) is 33.2 Å². The van der Waals surface area contributed by atoms with Crippen molar-refractivity contribution in [1.29, 1.82) is 0 Å². The Bertz CT molecular complexity index is 495. The second-order valence-corrected chi connectivity index (χ2v) is 6.23. The first kappa shape index (κ1) is 14.5. The fourth-order valence-corrected chi connectivity index (χ4v) is 3.59. The zero-order chi connectivity index (χ0) is 14.7. The van der Waals surface area contributed by atoms with Crippen LogP contribution in [-0.4, -0.2) is 50.1 Å². The zero-order valence-electron chi connectivity index (χ0n) is 12.8. The Morgan fingerprint density at radius 2 is 2.05 bits per heavy atom. The van der Waals surface area contributed by atoms with Gasteiger partial charge in [0.05, 0.1) is 0 Å². The number of likely N-dealkylation sites (N-methyl/N-ethyl adjacent to an activating group) is 1. The topological polar surface area (TPSA) is 44.4 Å². The maximum Gasteiger partial charge on any atom is 0.251 e. The van der Waals surface area contributed by atoms with E-state index in [2.05, 4.69) is 21.6 Å². The molecule has 1 amide bonds. The molecule has 3 heterocycles. The van der Waals surface area contributed by atoms with Gasteiger partial charge in [-0.25, -0.2) is 0 Å². The fraction of sp³-hybridized carbons (Fsp3) is 0.588. The van der Waals surface area contributed by atoms with Crippen LogP contribution in [0.1, 0.15) is 28.8 Å². The zero-order valence-corrected chi connectivity index (χ0v) is 12.8. The number of amides is 1. The molecule has 3 fully saturated rings. The van der Waals surface area contributed by atoms with Gasteiger partial charge in [-0.15, -0.1) is 0 Å². The third kappa shape index (κ3) is 3.27. The van der Waals surface area contributed by atoms with Gasteiger partial charge < -0.3 is 15.5 Å². The fourth-order valence-electron chi connectivity index (χ4n) is 3.59. The molecule has 1 aromatic rings. The highest BCUT2D eigenvalue weighted by Gasteiger charge is 2.35. The van der Waals surface area contributed by atoms with E-state index in [0.29, 0.717) is 12.0 Å². The van der Waals surface area contributed by atoms with E-state index in [9.17, 15) is 4.79 Å². The van der Waals surface area contributed by atoms with E-state index in [-0.39, 0.29) is 5.91 Å². The predicted molar refractivity (Wildman–Crippen MR) is 84.5 cm³/mol. The molecule has 1 unspecified atom stereocenters. The van der Waals surface area contributed by atoms with Gasteiger partial charge in [-0.2, -0.15) is 0 Å². The Morgan fingerprint density at radius 1 is 1.29 bits per heavy atom. The van der Waals surface area contributed by atoms with Gasteiger partial charge in [0.15, 0.2) is 0 Å². The Kier molecular flexibility index (Phi) is 4.56. The number of benzene rings is 1. The van der Waals surface area contributed by atoms with Crippen molar-refractivity contribution in [2.45, 2.75) is 25.3 Å². The van der Waals surface area contributed by atoms with Crippen molar-refractivity contribution in [2.24, 2.45) is 5.92 Å². The lowest BCUT2D eigenvalue weighted by atomic mass is 9.84. The highest BCUT2D eigenvalue weighted by atomic mass is 16.1.